The van der Waals surface area contributed by atoms with Crippen molar-refractivity contribution in [3.63, 3.8) is 0 Å². The summed E-state index contributed by atoms with van der Waals surface area (Å²) in [7, 11) is -3.77. The monoisotopic (exact) mass is 456 g/mol. The lowest BCUT2D eigenvalue weighted by Crippen LogP contribution is -2.19. The zero-order chi connectivity index (χ0) is 22.3. The van der Waals surface area contributed by atoms with Gasteiger partial charge in [-0.05, 0) is 60.7 Å². The number of para-hydroxylation sites is 1. The number of carbonyl (C=O) groups excluding carboxylic acids is 2. The van der Waals surface area contributed by atoms with Gasteiger partial charge in [-0.1, -0.05) is 18.2 Å². The van der Waals surface area contributed by atoms with E-state index in [2.05, 4.69) is 16.0 Å². The minimum absolute atomic E-state index is 0.0222. The van der Waals surface area contributed by atoms with E-state index in [1.165, 1.54) is 36.0 Å². The predicted molar refractivity (Wildman–Crippen MR) is 123 cm³/mol. The zero-order valence-corrected chi connectivity index (χ0v) is 17.9. The van der Waals surface area contributed by atoms with E-state index in [0.29, 0.717) is 17.1 Å². The molecule has 8 nitrogen and oxygen atoms in total. The molecule has 3 amide bonds. The molecule has 0 aliphatic carbocycles. The fraction of sp³-hybridized carbons (Fsp3) is 0.0476. The Balaban J connectivity index is 1.46. The lowest BCUT2D eigenvalue weighted by atomic mass is 10.3. The van der Waals surface area contributed by atoms with Crippen LogP contribution >= 0.6 is 11.8 Å². The highest BCUT2D eigenvalue weighted by Gasteiger charge is 2.09. The van der Waals surface area contributed by atoms with Crippen LogP contribution in [0.3, 0.4) is 0 Å². The van der Waals surface area contributed by atoms with Gasteiger partial charge in [0.15, 0.2) is 0 Å². The van der Waals surface area contributed by atoms with Crippen molar-refractivity contribution in [3.05, 3.63) is 78.9 Å². The van der Waals surface area contributed by atoms with Crippen LogP contribution in [0.25, 0.3) is 0 Å². The van der Waals surface area contributed by atoms with Gasteiger partial charge in [0.25, 0.3) is 0 Å². The Kier molecular flexibility index (Phi) is 7.29. The predicted octanol–water partition coefficient (Wildman–Crippen LogP) is 3.71. The van der Waals surface area contributed by atoms with Gasteiger partial charge in [-0.25, -0.2) is 18.4 Å². The fourth-order valence-electron chi connectivity index (χ4n) is 2.52. The van der Waals surface area contributed by atoms with Gasteiger partial charge in [-0.3, -0.25) is 4.79 Å². The zero-order valence-electron chi connectivity index (χ0n) is 16.2. The molecule has 0 saturated carbocycles. The summed E-state index contributed by atoms with van der Waals surface area (Å²) in [6.07, 6.45) is 0. The molecule has 0 heterocycles. The Morgan fingerprint density at radius 1 is 0.742 bits per heavy atom. The van der Waals surface area contributed by atoms with E-state index in [1.807, 2.05) is 18.2 Å². The van der Waals surface area contributed by atoms with E-state index in [4.69, 9.17) is 5.14 Å². The highest BCUT2D eigenvalue weighted by Crippen LogP contribution is 2.21. The van der Waals surface area contributed by atoms with Gasteiger partial charge in [-0.2, -0.15) is 0 Å². The van der Waals surface area contributed by atoms with Crippen molar-refractivity contribution < 1.29 is 18.0 Å². The van der Waals surface area contributed by atoms with Gasteiger partial charge < -0.3 is 16.0 Å². The number of thioether (sulfide) groups is 1. The normalized spacial score (nSPS) is 10.9. The summed E-state index contributed by atoms with van der Waals surface area (Å²) >= 11 is 1.33. The summed E-state index contributed by atoms with van der Waals surface area (Å²) < 4.78 is 22.5. The summed E-state index contributed by atoms with van der Waals surface area (Å²) in [6, 6.07) is 21.5. The van der Waals surface area contributed by atoms with Crippen molar-refractivity contribution in [3.8, 4) is 0 Å². The molecule has 0 spiro atoms. The summed E-state index contributed by atoms with van der Waals surface area (Å²) in [6.45, 7) is 0. The molecule has 0 radical (unpaired) electrons. The van der Waals surface area contributed by atoms with Crippen LogP contribution in [0.15, 0.2) is 88.7 Å². The first-order valence-corrected chi connectivity index (χ1v) is 11.6. The second-order valence-corrected chi connectivity index (χ2v) is 8.99. The van der Waals surface area contributed by atoms with E-state index >= 15 is 0 Å². The summed E-state index contributed by atoms with van der Waals surface area (Å²) in [4.78, 5) is 25.0. The Hall–Kier alpha value is -3.34. The maximum Gasteiger partial charge on any atom is 0.323 e. The van der Waals surface area contributed by atoms with E-state index in [-0.39, 0.29) is 22.6 Å². The number of hydrogen-bond donors (Lipinski definition) is 4. The van der Waals surface area contributed by atoms with Crippen LogP contribution in [-0.2, 0) is 14.8 Å². The molecule has 0 fully saturated rings. The van der Waals surface area contributed by atoms with E-state index in [1.54, 1.807) is 36.4 Å². The number of rotatable bonds is 7. The minimum Gasteiger partial charge on any atom is -0.325 e. The molecule has 31 heavy (non-hydrogen) atoms. The van der Waals surface area contributed by atoms with Crippen LogP contribution in [0.4, 0.5) is 21.9 Å². The van der Waals surface area contributed by atoms with Gasteiger partial charge in [0, 0.05) is 22.0 Å². The van der Waals surface area contributed by atoms with Crippen molar-refractivity contribution in [2.24, 2.45) is 5.14 Å². The van der Waals surface area contributed by atoms with Crippen LogP contribution in [-0.4, -0.2) is 26.1 Å². The van der Waals surface area contributed by atoms with Gasteiger partial charge in [-0.15, -0.1) is 11.8 Å². The number of sulfonamides is 1. The Bertz CT molecular complexity index is 1150. The number of anilines is 3. The second-order valence-electron chi connectivity index (χ2n) is 6.38. The van der Waals surface area contributed by atoms with Gasteiger partial charge in [0.2, 0.25) is 15.9 Å². The highest BCUT2D eigenvalue weighted by molar-refractivity contribution is 8.00. The van der Waals surface area contributed by atoms with E-state index < -0.39 is 10.0 Å². The number of nitrogens with two attached hydrogens (primary N) is 1. The maximum atomic E-state index is 12.1. The molecule has 0 unspecified atom stereocenters. The van der Waals surface area contributed by atoms with Crippen molar-refractivity contribution in [1.29, 1.82) is 0 Å². The van der Waals surface area contributed by atoms with Crippen LogP contribution in [0.2, 0.25) is 0 Å². The quantitative estimate of drug-likeness (QED) is 0.403. The number of benzene rings is 3. The molecule has 0 aromatic heterocycles. The second kappa shape index (κ2) is 10.1. The van der Waals surface area contributed by atoms with E-state index in [0.717, 1.165) is 4.90 Å². The molecule has 3 aromatic rings. The first kappa shape index (κ1) is 22.3. The molecule has 0 saturated heterocycles. The van der Waals surface area contributed by atoms with Crippen molar-refractivity contribution in [1.82, 2.24) is 0 Å². The Morgan fingerprint density at radius 2 is 1.26 bits per heavy atom. The molecule has 10 heteroatoms. The van der Waals surface area contributed by atoms with Crippen molar-refractivity contribution >= 4 is 50.8 Å². The molecular formula is C21H20N4O4S2. The fourth-order valence-corrected chi connectivity index (χ4v) is 3.74. The first-order valence-electron chi connectivity index (χ1n) is 9.08. The topological polar surface area (TPSA) is 130 Å². The number of primary sulfonamides is 1. The first-order chi connectivity index (χ1) is 14.8. The van der Waals surface area contributed by atoms with Crippen molar-refractivity contribution in [2.45, 2.75) is 9.79 Å². The molecule has 0 atom stereocenters. The Labute approximate surface area is 184 Å². The Morgan fingerprint density at radius 3 is 1.84 bits per heavy atom. The minimum atomic E-state index is -3.77. The lowest BCUT2D eigenvalue weighted by Gasteiger charge is -2.09. The summed E-state index contributed by atoms with van der Waals surface area (Å²) in [5, 5.41) is 13.2. The molecular weight excluding hydrogens is 436 g/mol. The van der Waals surface area contributed by atoms with Crippen LogP contribution in [0.5, 0.6) is 0 Å². The largest absolute Gasteiger partial charge is 0.325 e. The smallest absolute Gasteiger partial charge is 0.323 e. The van der Waals surface area contributed by atoms with Crippen LogP contribution in [0.1, 0.15) is 0 Å². The standard InChI is InChI=1S/C21H20N4O4S2/c22-31(28,29)19-12-8-16(9-13-19)23-20(26)14-30-18-10-6-17(7-11-18)25-21(27)24-15-4-2-1-3-5-15/h1-13H,14H2,(H,23,26)(H2,22,28,29)(H2,24,25,27). The third-order valence-electron chi connectivity index (χ3n) is 3.98. The lowest BCUT2D eigenvalue weighted by molar-refractivity contribution is -0.113. The van der Waals surface area contributed by atoms with Gasteiger partial charge in [0.1, 0.15) is 0 Å². The number of carbonyl (C=O) groups is 2. The number of urea groups is 1. The third-order valence-corrected chi connectivity index (χ3v) is 5.92. The molecule has 0 bridgehead atoms. The SMILES string of the molecule is NS(=O)(=O)c1ccc(NC(=O)CSc2ccc(NC(=O)Nc3ccccc3)cc2)cc1. The molecule has 0 aliphatic rings. The number of hydrogen-bond acceptors (Lipinski definition) is 5. The molecule has 3 rings (SSSR count). The molecule has 5 N–H and O–H groups in total. The number of amides is 3. The maximum absolute atomic E-state index is 12.1. The highest BCUT2D eigenvalue weighted by atomic mass is 32.2. The molecule has 3 aromatic carbocycles. The van der Waals surface area contributed by atoms with Gasteiger partial charge >= 0.3 is 6.03 Å². The number of nitrogens with one attached hydrogen (secondary N) is 3. The average Bonchev–Trinajstić information content (AvgIpc) is 2.74. The van der Waals surface area contributed by atoms with Gasteiger partial charge in [0.05, 0.1) is 10.6 Å². The van der Waals surface area contributed by atoms with Crippen LogP contribution in [0, 0.1) is 0 Å². The molecule has 160 valence electrons. The van der Waals surface area contributed by atoms with E-state index in [9.17, 15) is 18.0 Å². The van der Waals surface area contributed by atoms with Crippen molar-refractivity contribution in [2.75, 3.05) is 21.7 Å². The average molecular weight is 457 g/mol. The third kappa shape index (κ3) is 7.14. The van der Waals surface area contributed by atoms with Crippen LogP contribution < -0.4 is 21.1 Å². The summed E-state index contributed by atoms with van der Waals surface area (Å²) in [5.74, 6) is -0.0733. The summed E-state index contributed by atoms with van der Waals surface area (Å²) in [5.41, 5.74) is 1.79. The molecule has 0 aliphatic heterocycles.